The van der Waals surface area contributed by atoms with Gasteiger partial charge in [0.15, 0.2) is 13.9 Å². The lowest BCUT2D eigenvalue weighted by atomic mass is 9.82. The molecule has 3 aliphatic heterocycles. The third-order valence-corrected chi connectivity index (χ3v) is 11.3. The maximum Gasteiger partial charge on any atom is 0.264 e. The highest BCUT2D eigenvalue weighted by molar-refractivity contribution is 6.71. The predicted octanol–water partition coefficient (Wildman–Crippen LogP) is 3.16. The van der Waals surface area contributed by atoms with E-state index in [0.717, 1.165) is 5.56 Å². The van der Waals surface area contributed by atoms with Crippen LogP contribution < -0.4 is 9.80 Å². The van der Waals surface area contributed by atoms with Gasteiger partial charge in [-0.25, -0.2) is 0 Å². The van der Waals surface area contributed by atoms with Gasteiger partial charge in [0.25, 0.3) is 5.91 Å². The molecular formula is C31H39N3O6Si. The highest BCUT2D eigenvalue weighted by Crippen LogP contribution is 2.60. The first kappa shape index (κ1) is 29.2. The molecule has 0 aromatic heterocycles. The van der Waals surface area contributed by atoms with Crippen molar-refractivity contribution in [3.63, 3.8) is 0 Å². The average Bonchev–Trinajstić information content (AvgIpc) is 3.34. The summed E-state index contributed by atoms with van der Waals surface area (Å²) in [5.41, 5.74) is 1.15. The molecule has 0 unspecified atom stereocenters. The molecule has 3 aliphatic rings. The molecule has 3 amide bonds. The predicted molar refractivity (Wildman–Crippen MR) is 159 cm³/mol. The Morgan fingerprint density at radius 2 is 1.95 bits per heavy atom. The zero-order chi connectivity index (χ0) is 29.5. The maximum absolute atomic E-state index is 14.3. The molecule has 218 valence electrons. The number of fused-ring (bicyclic) bond motifs is 2. The van der Waals surface area contributed by atoms with Gasteiger partial charge in [0, 0.05) is 55.3 Å². The number of anilines is 2. The average molecular weight is 578 g/mol. The highest BCUT2D eigenvalue weighted by atomic mass is 28.4. The van der Waals surface area contributed by atoms with E-state index in [1.807, 2.05) is 68.5 Å². The first-order chi connectivity index (χ1) is 19.5. The summed E-state index contributed by atoms with van der Waals surface area (Å²) in [6.07, 6.45) is 1.40. The first-order valence-corrected chi connectivity index (χ1v) is 17.3. The molecule has 1 spiro atoms. The van der Waals surface area contributed by atoms with E-state index in [1.165, 1.54) is 0 Å². The maximum atomic E-state index is 14.3. The molecular weight excluding hydrogens is 538 g/mol. The zero-order valence-electron chi connectivity index (χ0n) is 24.0. The van der Waals surface area contributed by atoms with Crippen LogP contribution in [-0.4, -0.2) is 73.2 Å². The number of carbonyl (C=O) groups is 3. The van der Waals surface area contributed by atoms with Gasteiger partial charge in [-0.1, -0.05) is 43.3 Å². The monoisotopic (exact) mass is 577 g/mol. The van der Waals surface area contributed by atoms with Crippen LogP contribution in [0.25, 0.3) is 0 Å². The Labute approximate surface area is 242 Å². The van der Waals surface area contributed by atoms with Crippen LogP contribution in [0.1, 0.15) is 30.9 Å². The Balaban J connectivity index is 1.52. The summed E-state index contributed by atoms with van der Waals surface area (Å²) in [5, 5.41) is 9.71. The van der Waals surface area contributed by atoms with E-state index in [0.29, 0.717) is 36.4 Å². The number of ether oxygens (including phenoxy) is 1. The fourth-order valence-electron chi connectivity index (χ4n) is 6.85. The number of hydrogen-bond acceptors (Lipinski definition) is 6. The van der Waals surface area contributed by atoms with Gasteiger partial charge in [0.05, 0.1) is 24.8 Å². The molecule has 0 saturated carbocycles. The van der Waals surface area contributed by atoms with Crippen molar-refractivity contribution < 1.29 is 29.0 Å². The van der Waals surface area contributed by atoms with Crippen molar-refractivity contribution in [2.24, 2.45) is 5.92 Å². The van der Waals surface area contributed by atoms with E-state index >= 15 is 0 Å². The highest BCUT2D eigenvalue weighted by Gasteiger charge is 2.66. The summed E-state index contributed by atoms with van der Waals surface area (Å²) in [4.78, 5) is 56.7. The van der Waals surface area contributed by atoms with Crippen LogP contribution in [-0.2, 0) is 31.3 Å². The Bertz CT molecular complexity index is 1350. The standard InChI is InChI=1S/C31H39N3O6Si/c1-5-14-34-25-12-11-23(33-15-13-27(33)36)18-24(25)31(30(34)38)21(2)29(41(3,4)39)26(40-31)19-28(37)32(16-17-35)20-22-9-7-6-8-10-22/h5-12,18,21,26,29,35,39H,1,13-17,19-20H2,2-4H3/t21-,26+,29-,31+/m1/s1. The van der Waals surface area contributed by atoms with Crippen molar-refractivity contribution in [1.82, 2.24) is 4.90 Å². The molecule has 4 atom stereocenters. The molecule has 0 aliphatic carbocycles. The van der Waals surface area contributed by atoms with Crippen molar-refractivity contribution in [1.29, 1.82) is 0 Å². The Morgan fingerprint density at radius 1 is 1.22 bits per heavy atom. The van der Waals surface area contributed by atoms with Crippen molar-refractivity contribution in [3.8, 4) is 0 Å². The van der Waals surface area contributed by atoms with Gasteiger partial charge in [-0.3, -0.25) is 14.4 Å². The number of carbonyl (C=O) groups excluding carboxylic acids is 3. The normalized spacial score (nSPS) is 25.4. The van der Waals surface area contributed by atoms with Crippen LogP contribution >= 0.6 is 0 Å². The lowest BCUT2D eigenvalue weighted by molar-refractivity contribution is -0.149. The quantitative estimate of drug-likeness (QED) is 0.255. The van der Waals surface area contributed by atoms with Crippen LogP contribution in [0.2, 0.25) is 18.6 Å². The largest absolute Gasteiger partial charge is 0.432 e. The second-order valence-corrected chi connectivity index (χ2v) is 15.8. The fourth-order valence-corrected chi connectivity index (χ4v) is 9.40. The van der Waals surface area contributed by atoms with Crippen LogP contribution in [0.3, 0.4) is 0 Å². The SMILES string of the molecule is C=CCN1C(=O)[C@@]2(O[C@@H](CC(=O)N(CCO)Cc3ccccc3)[C@H]([Si](C)(C)O)[C@H]2C)c2cc(N3CCC3=O)ccc21. The van der Waals surface area contributed by atoms with E-state index in [9.17, 15) is 24.3 Å². The lowest BCUT2D eigenvalue weighted by Gasteiger charge is -2.33. The van der Waals surface area contributed by atoms with Gasteiger partial charge in [0.2, 0.25) is 11.8 Å². The van der Waals surface area contributed by atoms with E-state index in [-0.39, 0.29) is 43.8 Å². The number of aliphatic hydroxyl groups is 1. The van der Waals surface area contributed by atoms with E-state index < -0.39 is 31.5 Å². The van der Waals surface area contributed by atoms with Crippen molar-refractivity contribution in [2.75, 3.05) is 36.0 Å². The molecule has 3 heterocycles. The van der Waals surface area contributed by atoms with Crippen molar-refractivity contribution >= 4 is 37.4 Å². The van der Waals surface area contributed by atoms with Crippen LogP contribution in [0.4, 0.5) is 11.4 Å². The lowest BCUT2D eigenvalue weighted by Crippen LogP contribution is -2.46. The molecule has 2 N–H and O–H groups in total. The Hall–Kier alpha value is -3.31. The summed E-state index contributed by atoms with van der Waals surface area (Å²) >= 11 is 0. The van der Waals surface area contributed by atoms with Gasteiger partial charge in [-0.15, -0.1) is 6.58 Å². The van der Waals surface area contributed by atoms with Crippen molar-refractivity contribution in [3.05, 3.63) is 72.3 Å². The summed E-state index contributed by atoms with van der Waals surface area (Å²) in [6, 6.07) is 15.1. The van der Waals surface area contributed by atoms with Crippen molar-refractivity contribution in [2.45, 2.75) is 56.7 Å². The molecule has 9 nitrogen and oxygen atoms in total. The Morgan fingerprint density at radius 3 is 2.54 bits per heavy atom. The molecule has 5 rings (SSSR count). The molecule has 41 heavy (non-hydrogen) atoms. The third kappa shape index (κ3) is 5.03. The van der Waals surface area contributed by atoms with Gasteiger partial charge in [0.1, 0.15) is 0 Å². The number of amides is 3. The van der Waals surface area contributed by atoms with Crippen LogP contribution in [0.15, 0.2) is 61.2 Å². The second-order valence-electron chi connectivity index (χ2n) is 11.8. The second kappa shape index (κ2) is 11.2. The molecule has 2 fully saturated rings. The topological polar surface area (TPSA) is 111 Å². The van der Waals surface area contributed by atoms with Gasteiger partial charge < -0.3 is 29.3 Å². The minimum absolute atomic E-state index is 0.0271. The van der Waals surface area contributed by atoms with E-state index in [4.69, 9.17) is 4.74 Å². The number of benzene rings is 2. The minimum Gasteiger partial charge on any atom is -0.432 e. The number of β-lactam (4-membered cyclic amide) rings is 1. The van der Waals surface area contributed by atoms with Crippen LogP contribution in [0.5, 0.6) is 0 Å². The third-order valence-electron chi connectivity index (χ3n) is 8.76. The number of nitrogens with zero attached hydrogens (tertiary/aromatic N) is 3. The molecule has 2 saturated heterocycles. The summed E-state index contributed by atoms with van der Waals surface area (Å²) in [5.74, 6) is -0.870. The summed E-state index contributed by atoms with van der Waals surface area (Å²) in [6.45, 7) is 10.6. The Kier molecular flexibility index (Phi) is 7.95. The molecule has 2 aromatic rings. The van der Waals surface area contributed by atoms with Gasteiger partial charge >= 0.3 is 0 Å². The van der Waals surface area contributed by atoms with Gasteiger partial charge in [-0.2, -0.15) is 0 Å². The van der Waals surface area contributed by atoms with E-state index in [1.54, 1.807) is 20.8 Å². The molecule has 2 aromatic carbocycles. The molecule has 10 heteroatoms. The smallest absolute Gasteiger partial charge is 0.264 e. The number of hydrogen-bond donors (Lipinski definition) is 2. The van der Waals surface area contributed by atoms with E-state index in [2.05, 4.69) is 6.58 Å². The summed E-state index contributed by atoms with van der Waals surface area (Å²) in [7, 11) is -2.97. The van der Waals surface area contributed by atoms with Crippen LogP contribution in [0, 0.1) is 5.92 Å². The molecule has 0 radical (unpaired) electrons. The molecule has 0 bridgehead atoms. The number of rotatable bonds is 10. The zero-order valence-corrected chi connectivity index (χ0v) is 25.0. The minimum atomic E-state index is -2.97. The fraction of sp³-hybridized carbons (Fsp3) is 0.452. The van der Waals surface area contributed by atoms with Gasteiger partial charge in [-0.05, 0) is 36.9 Å². The summed E-state index contributed by atoms with van der Waals surface area (Å²) < 4.78 is 6.77. The first-order valence-electron chi connectivity index (χ1n) is 14.2. The number of aliphatic hydroxyl groups excluding tert-OH is 1.